The number of benzene rings is 2. The Labute approximate surface area is 147 Å². The molecule has 0 bridgehead atoms. The second-order valence-electron chi connectivity index (χ2n) is 6.99. The number of pyridine rings is 1. The maximum Gasteiger partial charge on any atom is 0.197 e. The lowest BCUT2D eigenvalue weighted by atomic mass is 10.1. The van der Waals surface area contributed by atoms with Crippen LogP contribution in [-0.2, 0) is 6.54 Å². The van der Waals surface area contributed by atoms with E-state index in [4.69, 9.17) is 0 Å². The minimum Gasteiger partial charge on any atom is -0.390 e. The summed E-state index contributed by atoms with van der Waals surface area (Å²) in [4.78, 5) is 15.1. The van der Waals surface area contributed by atoms with Crippen LogP contribution in [0.5, 0.6) is 0 Å². The quantitative estimate of drug-likeness (QED) is 0.745. The molecule has 1 aliphatic rings. The molecule has 25 heavy (non-hydrogen) atoms. The predicted molar refractivity (Wildman–Crippen MR) is 102 cm³/mol. The summed E-state index contributed by atoms with van der Waals surface area (Å²) in [5, 5.41) is 12.1. The monoisotopic (exact) mass is 336 g/mol. The first-order chi connectivity index (χ1) is 12.2. The van der Waals surface area contributed by atoms with Crippen LogP contribution in [0.1, 0.15) is 19.3 Å². The molecule has 4 nitrogen and oxygen atoms in total. The largest absolute Gasteiger partial charge is 0.390 e. The number of hydrogen-bond acceptors (Lipinski definition) is 3. The van der Waals surface area contributed by atoms with Crippen molar-refractivity contribution in [3.63, 3.8) is 0 Å². The van der Waals surface area contributed by atoms with Crippen molar-refractivity contribution in [1.29, 1.82) is 0 Å². The van der Waals surface area contributed by atoms with Crippen LogP contribution in [0.3, 0.4) is 0 Å². The van der Waals surface area contributed by atoms with Crippen molar-refractivity contribution in [2.75, 3.05) is 19.6 Å². The zero-order valence-electron chi connectivity index (χ0n) is 14.4. The highest BCUT2D eigenvalue weighted by Gasteiger charge is 2.17. The Morgan fingerprint density at radius 2 is 1.40 bits per heavy atom. The molecule has 0 unspecified atom stereocenters. The summed E-state index contributed by atoms with van der Waals surface area (Å²) in [6.07, 6.45) is 3.28. The summed E-state index contributed by atoms with van der Waals surface area (Å²) < 4.78 is 2.10. The third-order valence-corrected chi connectivity index (χ3v) is 5.19. The summed E-state index contributed by atoms with van der Waals surface area (Å²) in [6.45, 7) is 3.33. The zero-order valence-corrected chi connectivity index (χ0v) is 14.4. The van der Waals surface area contributed by atoms with E-state index in [1.54, 1.807) is 0 Å². The highest BCUT2D eigenvalue weighted by molar-refractivity contribution is 5.93. The maximum absolute atomic E-state index is 12.8. The van der Waals surface area contributed by atoms with E-state index < -0.39 is 6.10 Å². The van der Waals surface area contributed by atoms with Crippen LogP contribution in [-0.4, -0.2) is 40.3 Å². The summed E-state index contributed by atoms with van der Waals surface area (Å²) >= 11 is 0. The fourth-order valence-electron chi connectivity index (χ4n) is 3.98. The van der Waals surface area contributed by atoms with Crippen LogP contribution in [0, 0.1) is 0 Å². The van der Waals surface area contributed by atoms with Crippen molar-refractivity contribution < 1.29 is 5.11 Å². The molecule has 1 aromatic heterocycles. The second-order valence-corrected chi connectivity index (χ2v) is 6.99. The Balaban J connectivity index is 1.74. The minimum atomic E-state index is -0.451. The van der Waals surface area contributed by atoms with E-state index in [2.05, 4.69) is 9.47 Å². The van der Waals surface area contributed by atoms with E-state index in [0.717, 1.165) is 24.1 Å². The fraction of sp³-hybridized carbons (Fsp3) is 0.381. The molecule has 1 atom stereocenters. The van der Waals surface area contributed by atoms with Gasteiger partial charge in [0, 0.05) is 17.3 Å². The minimum absolute atomic E-state index is 0.0629. The molecule has 0 aliphatic carbocycles. The van der Waals surface area contributed by atoms with Gasteiger partial charge in [0.1, 0.15) is 0 Å². The topological polar surface area (TPSA) is 45.5 Å². The molecule has 1 N–H and O–H groups in total. The lowest BCUT2D eigenvalue weighted by Gasteiger charge is -2.29. The fourth-order valence-corrected chi connectivity index (χ4v) is 3.98. The van der Waals surface area contributed by atoms with Gasteiger partial charge in [-0.25, -0.2) is 0 Å². The van der Waals surface area contributed by atoms with Gasteiger partial charge in [-0.3, -0.25) is 4.79 Å². The summed E-state index contributed by atoms with van der Waals surface area (Å²) in [5.41, 5.74) is 1.85. The summed E-state index contributed by atoms with van der Waals surface area (Å²) in [5.74, 6) is 0. The first-order valence-electron chi connectivity index (χ1n) is 9.15. The van der Waals surface area contributed by atoms with Crippen LogP contribution in [0.4, 0.5) is 0 Å². The Bertz CT molecular complexity index is 881. The molecule has 1 saturated heterocycles. The molecule has 0 saturated carbocycles. The number of rotatable bonds is 4. The molecule has 2 heterocycles. The van der Waals surface area contributed by atoms with Crippen molar-refractivity contribution in [2.45, 2.75) is 31.9 Å². The average molecular weight is 336 g/mol. The van der Waals surface area contributed by atoms with Gasteiger partial charge in [-0.2, -0.15) is 0 Å². The van der Waals surface area contributed by atoms with Gasteiger partial charge in [0.25, 0.3) is 0 Å². The van der Waals surface area contributed by atoms with E-state index in [-0.39, 0.29) is 5.43 Å². The van der Waals surface area contributed by atoms with Crippen LogP contribution >= 0.6 is 0 Å². The van der Waals surface area contributed by atoms with Gasteiger partial charge < -0.3 is 14.6 Å². The van der Waals surface area contributed by atoms with Crippen molar-refractivity contribution in [3.05, 3.63) is 58.8 Å². The van der Waals surface area contributed by atoms with Gasteiger partial charge in [0.05, 0.1) is 23.7 Å². The zero-order chi connectivity index (χ0) is 17.2. The van der Waals surface area contributed by atoms with Crippen LogP contribution in [0.15, 0.2) is 53.3 Å². The molecule has 1 fully saturated rings. The number of aliphatic hydroxyl groups excluding tert-OH is 1. The molecule has 2 aromatic carbocycles. The Morgan fingerprint density at radius 3 is 2.00 bits per heavy atom. The predicted octanol–water partition coefficient (Wildman–Crippen LogP) is 3.00. The molecule has 4 rings (SSSR count). The SMILES string of the molecule is O=c1c2ccccc2n(C[C@H](O)CN2CCCCC2)c2ccccc12. The number of hydrogen-bond donors (Lipinski definition) is 1. The Morgan fingerprint density at radius 1 is 0.840 bits per heavy atom. The van der Waals surface area contributed by atoms with Gasteiger partial charge in [-0.05, 0) is 50.2 Å². The van der Waals surface area contributed by atoms with Gasteiger partial charge in [-0.15, -0.1) is 0 Å². The van der Waals surface area contributed by atoms with Gasteiger partial charge in [-0.1, -0.05) is 30.7 Å². The first-order valence-corrected chi connectivity index (χ1v) is 9.15. The van der Waals surface area contributed by atoms with Crippen LogP contribution in [0.2, 0.25) is 0 Å². The molecule has 0 spiro atoms. The van der Waals surface area contributed by atoms with Crippen molar-refractivity contribution in [1.82, 2.24) is 9.47 Å². The van der Waals surface area contributed by atoms with Gasteiger partial charge in [0.2, 0.25) is 0 Å². The standard InChI is InChI=1S/C21H24N2O2/c24-16(14-22-12-6-1-7-13-22)15-23-19-10-4-2-8-17(19)21(25)18-9-3-5-11-20(18)23/h2-5,8-11,16,24H,1,6-7,12-15H2/t16-/m1/s1. The lowest BCUT2D eigenvalue weighted by Crippen LogP contribution is -2.38. The van der Waals surface area contributed by atoms with Gasteiger partial charge >= 0.3 is 0 Å². The molecule has 0 radical (unpaired) electrons. The van der Waals surface area contributed by atoms with E-state index in [9.17, 15) is 9.90 Å². The number of likely N-dealkylation sites (tertiary alicyclic amines) is 1. The van der Waals surface area contributed by atoms with Gasteiger partial charge in [0.15, 0.2) is 5.43 Å². The number of β-amino-alcohol motifs (C(OH)–C–C–N with tert-alkyl or cyclic N) is 1. The highest BCUT2D eigenvalue weighted by Crippen LogP contribution is 2.20. The Kier molecular flexibility index (Phi) is 4.55. The smallest absolute Gasteiger partial charge is 0.197 e. The molecular weight excluding hydrogens is 312 g/mol. The summed E-state index contributed by atoms with van der Waals surface area (Å²) in [6, 6.07) is 15.4. The van der Waals surface area contributed by atoms with Crippen LogP contribution in [0.25, 0.3) is 21.8 Å². The van der Waals surface area contributed by atoms with E-state index in [0.29, 0.717) is 23.9 Å². The lowest BCUT2D eigenvalue weighted by molar-refractivity contribution is 0.0900. The van der Waals surface area contributed by atoms with E-state index in [1.807, 2.05) is 48.5 Å². The summed E-state index contributed by atoms with van der Waals surface area (Å²) in [7, 11) is 0. The Hall–Kier alpha value is -2.17. The highest BCUT2D eigenvalue weighted by atomic mass is 16.3. The third-order valence-electron chi connectivity index (χ3n) is 5.19. The van der Waals surface area contributed by atoms with Crippen molar-refractivity contribution >= 4 is 21.8 Å². The molecule has 130 valence electrons. The first kappa shape index (κ1) is 16.3. The number of nitrogens with zero attached hydrogens (tertiary/aromatic N) is 2. The third kappa shape index (κ3) is 3.20. The number of para-hydroxylation sites is 2. The van der Waals surface area contributed by atoms with Crippen LogP contribution < -0.4 is 5.43 Å². The van der Waals surface area contributed by atoms with Crippen molar-refractivity contribution in [3.8, 4) is 0 Å². The number of aromatic nitrogens is 1. The number of fused-ring (bicyclic) bond motifs is 2. The van der Waals surface area contributed by atoms with Crippen molar-refractivity contribution in [2.24, 2.45) is 0 Å². The van der Waals surface area contributed by atoms with E-state index >= 15 is 0 Å². The average Bonchev–Trinajstić information content (AvgIpc) is 2.66. The molecular formula is C21H24N2O2. The number of piperidine rings is 1. The molecule has 4 heteroatoms. The van der Waals surface area contributed by atoms with E-state index in [1.165, 1.54) is 19.3 Å². The normalized spacial score (nSPS) is 17.2. The molecule has 3 aromatic rings. The molecule has 0 amide bonds. The maximum atomic E-state index is 12.8. The molecule has 1 aliphatic heterocycles. The number of aliphatic hydroxyl groups is 1. The second kappa shape index (κ2) is 6.98.